The van der Waals surface area contributed by atoms with Crippen LogP contribution in [0.1, 0.15) is 31.2 Å². The van der Waals surface area contributed by atoms with Crippen LogP contribution in [0.25, 0.3) is 0 Å². The van der Waals surface area contributed by atoms with Gasteiger partial charge < -0.3 is 15.2 Å². The third-order valence-corrected chi connectivity index (χ3v) is 4.38. The van der Waals surface area contributed by atoms with Crippen molar-refractivity contribution in [2.45, 2.75) is 32.1 Å². The molecule has 5 nitrogen and oxygen atoms in total. The fraction of sp³-hybridized carbons (Fsp3) is 0.529. The van der Waals surface area contributed by atoms with Gasteiger partial charge in [0.2, 0.25) is 5.91 Å². The topological polar surface area (TPSA) is 75.6 Å². The predicted molar refractivity (Wildman–Crippen MR) is 82.4 cm³/mol. The second kappa shape index (κ2) is 8.19. The number of carboxylic acids is 1. The number of amides is 1. The number of carboxylic acid groups (broad SMARTS) is 1. The summed E-state index contributed by atoms with van der Waals surface area (Å²) in [5.74, 6) is -2.97. The summed E-state index contributed by atoms with van der Waals surface area (Å²) in [5.41, 5.74) is -0.346. The molecule has 1 fully saturated rings. The Labute approximate surface area is 139 Å². The molecule has 2 rings (SSSR count). The SMILES string of the molecule is O=C(CCCc1ccc(F)c(F)c1)NCC1(C(=O)O)CCOCC1. The Kier molecular flexibility index (Phi) is 6.25. The number of carbonyl (C=O) groups is 2. The number of ether oxygens (including phenoxy) is 1. The second-order valence-electron chi connectivity index (χ2n) is 6.08. The first-order valence-electron chi connectivity index (χ1n) is 7.95. The molecule has 2 N–H and O–H groups in total. The maximum absolute atomic E-state index is 13.1. The number of hydrogen-bond acceptors (Lipinski definition) is 3. The van der Waals surface area contributed by atoms with Gasteiger partial charge >= 0.3 is 5.97 Å². The zero-order chi connectivity index (χ0) is 17.6. The number of aryl methyl sites for hydroxylation is 1. The minimum Gasteiger partial charge on any atom is -0.481 e. The minimum atomic E-state index is -0.964. The molecule has 1 aromatic rings. The highest BCUT2D eigenvalue weighted by Gasteiger charge is 2.40. The van der Waals surface area contributed by atoms with Crippen molar-refractivity contribution in [1.29, 1.82) is 0 Å². The summed E-state index contributed by atoms with van der Waals surface area (Å²) in [6.07, 6.45) is 1.86. The molecular weight excluding hydrogens is 320 g/mol. The zero-order valence-corrected chi connectivity index (χ0v) is 13.3. The van der Waals surface area contributed by atoms with E-state index in [-0.39, 0.29) is 18.9 Å². The van der Waals surface area contributed by atoms with E-state index < -0.39 is 23.0 Å². The fourth-order valence-electron chi connectivity index (χ4n) is 2.73. The molecule has 1 heterocycles. The van der Waals surface area contributed by atoms with Crippen LogP contribution < -0.4 is 5.32 Å². The molecule has 0 aliphatic carbocycles. The number of benzene rings is 1. The first-order valence-corrected chi connectivity index (χ1v) is 7.95. The summed E-state index contributed by atoms with van der Waals surface area (Å²) in [7, 11) is 0. The average molecular weight is 341 g/mol. The van der Waals surface area contributed by atoms with Crippen LogP contribution in [0.2, 0.25) is 0 Å². The van der Waals surface area contributed by atoms with Gasteiger partial charge in [0, 0.05) is 26.2 Å². The lowest BCUT2D eigenvalue weighted by Gasteiger charge is -2.33. The van der Waals surface area contributed by atoms with Crippen LogP contribution >= 0.6 is 0 Å². The van der Waals surface area contributed by atoms with Gasteiger partial charge in [-0.15, -0.1) is 0 Å². The highest BCUT2D eigenvalue weighted by atomic mass is 19.2. The van der Waals surface area contributed by atoms with Gasteiger partial charge in [-0.25, -0.2) is 8.78 Å². The Morgan fingerprint density at radius 2 is 1.92 bits per heavy atom. The van der Waals surface area contributed by atoms with Crippen LogP contribution in [0.4, 0.5) is 8.78 Å². The van der Waals surface area contributed by atoms with Crippen molar-refractivity contribution >= 4 is 11.9 Å². The molecule has 1 saturated heterocycles. The first kappa shape index (κ1) is 18.3. The number of aliphatic carboxylic acids is 1. The van der Waals surface area contributed by atoms with Crippen molar-refractivity contribution in [3.8, 4) is 0 Å². The lowest BCUT2D eigenvalue weighted by Crippen LogP contribution is -2.46. The van der Waals surface area contributed by atoms with E-state index in [1.165, 1.54) is 6.07 Å². The van der Waals surface area contributed by atoms with E-state index >= 15 is 0 Å². The molecular formula is C17H21F2NO4. The van der Waals surface area contributed by atoms with E-state index in [0.717, 1.165) is 12.1 Å². The Balaban J connectivity index is 1.76. The maximum atomic E-state index is 13.1. The second-order valence-corrected chi connectivity index (χ2v) is 6.08. The highest BCUT2D eigenvalue weighted by Crippen LogP contribution is 2.30. The minimum absolute atomic E-state index is 0.0791. The van der Waals surface area contributed by atoms with E-state index in [2.05, 4.69) is 5.32 Å². The zero-order valence-electron chi connectivity index (χ0n) is 13.3. The molecule has 0 atom stereocenters. The summed E-state index contributed by atoms with van der Waals surface area (Å²) in [5, 5.41) is 12.1. The standard InChI is InChI=1S/C17H21F2NO4/c18-13-5-4-12(10-14(13)19)2-1-3-15(21)20-11-17(16(22)23)6-8-24-9-7-17/h4-5,10H,1-3,6-9,11H2,(H,20,21)(H,22,23). The van der Waals surface area contributed by atoms with Crippen molar-refractivity contribution in [3.05, 3.63) is 35.4 Å². The van der Waals surface area contributed by atoms with Crippen LogP contribution in [0.15, 0.2) is 18.2 Å². The Bertz CT molecular complexity index is 600. The van der Waals surface area contributed by atoms with Crippen LogP contribution in [0.3, 0.4) is 0 Å². The van der Waals surface area contributed by atoms with Gasteiger partial charge in [-0.3, -0.25) is 9.59 Å². The average Bonchev–Trinajstić information content (AvgIpc) is 2.57. The number of rotatable bonds is 7. The van der Waals surface area contributed by atoms with Crippen LogP contribution in [-0.2, 0) is 20.7 Å². The Hall–Kier alpha value is -2.02. The summed E-state index contributed by atoms with van der Waals surface area (Å²) >= 11 is 0. The quantitative estimate of drug-likeness (QED) is 0.798. The van der Waals surface area contributed by atoms with Gasteiger partial charge in [0.1, 0.15) is 0 Å². The van der Waals surface area contributed by atoms with Gasteiger partial charge in [-0.05, 0) is 43.4 Å². The Morgan fingerprint density at radius 3 is 2.54 bits per heavy atom. The molecule has 1 amide bonds. The van der Waals surface area contributed by atoms with Crippen molar-refractivity contribution in [1.82, 2.24) is 5.32 Å². The molecule has 0 unspecified atom stereocenters. The molecule has 7 heteroatoms. The first-order chi connectivity index (χ1) is 11.4. The number of carbonyl (C=O) groups excluding carboxylic acids is 1. The van der Waals surface area contributed by atoms with Gasteiger partial charge in [0.05, 0.1) is 5.41 Å². The summed E-state index contributed by atoms with van der Waals surface area (Å²) in [4.78, 5) is 23.4. The number of nitrogens with one attached hydrogen (secondary N) is 1. The lowest BCUT2D eigenvalue weighted by atomic mass is 9.80. The van der Waals surface area contributed by atoms with Crippen molar-refractivity contribution in [3.63, 3.8) is 0 Å². The van der Waals surface area contributed by atoms with Gasteiger partial charge in [0.25, 0.3) is 0 Å². The number of hydrogen-bond donors (Lipinski definition) is 2. The predicted octanol–water partition coefficient (Wildman–Crippen LogP) is 2.29. The van der Waals surface area contributed by atoms with E-state index in [1.54, 1.807) is 0 Å². The lowest BCUT2D eigenvalue weighted by molar-refractivity contribution is -0.154. The van der Waals surface area contributed by atoms with E-state index in [0.29, 0.717) is 44.5 Å². The molecule has 0 bridgehead atoms. The summed E-state index contributed by atoms with van der Waals surface area (Å²) < 4.78 is 31.1. The summed E-state index contributed by atoms with van der Waals surface area (Å²) in [6.45, 7) is 0.826. The van der Waals surface area contributed by atoms with Gasteiger partial charge in [-0.2, -0.15) is 0 Å². The monoisotopic (exact) mass is 341 g/mol. The largest absolute Gasteiger partial charge is 0.481 e. The molecule has 0 aromatic heterocycles. The van der Waals surface area contributed by atoms with Crippen LogP contribution in [0, 0.1) is 17.0 Å². The molecule has 1 aliphatic rings. The van der Waals surface area contributed by atoms with Gasteiger partial charge in [-0.1, -0.05) is 6.07 Å². The third kappa shape index (κ3) is 4.74. The normalized spacial score (nSPS) is 16.6. The molecule has 0 spiro atoms. The molecule has 0 saturated carbocycles. The number of halogens is 2. The smallest absolute Gasteiger partial charge is 0.311 e. The third-order valence-electron chi connectivity index (χ3n) is 4.38. The molecule has 24 heavy (non-hydrogen) atoms. The van der Waals surface area contributed by atoms with Gasteiger partial charge in [0.15, 0.2) is 11.6 Å². The van der Waals surface area contributed by atoms with E-state index in [4.69, 9.17) is 4.74 Å². The van der Waals surface area contributed by atoms with E-state index in [9.17, 15) is 23.5 Å². The Morgan fingerprint density at radius 1 is 1.21 bits per heavy atom. The van der Waals surface area contributed by atoms with Crippen molar-refractivity contribution in [2.24, 2.45) is 5.41 Å². The highest BCUT2D eigenvalue weighted by molar-refractivity contribution is 5.79. The summed E-state index contributed by atoms with van der Waals surface area (Å²) in [6, 6.07) is 3.67. The van der Waals surface area contributed by atoms with Crippen molar-refractivity contribution < 1.29 is 28.2 Å². The fourth-order valence-corrected chi connectivity index (χ4v) is 2.73. The van der Waals surface area contributed by atoms with Crippen LogP contribution in [0.5, 0.6) is 0 Å². The van der Waals surface area contributed by atoms with Crippen LogP contribution in [-0.4, -0.2) is 36.7 Å². The maximum Gasteiger partial charge on any atom is 0.311 e. The molecule has 0 radical (unpaired) electrons. The molecule has 1 aliphatic heterocycles. The van der Waals surface area contributed by atoms with Crippen molar-refractivity contribution in [2.75, 3.05) is 19.8 Å². The molecule has 132 valence electrons. The van der Waals surface area contributed by atoms with E-state index in [1.807, 2.05) is 0 Å². The molecule has 1 aromatic carbocycles.